The molecular formula is C27H41ClN4. The van der Waals surface area contributed by atoms with Gasteiger partial charge in [0.1, 0.15) is 0 Å². The molecule has 1 aliphatic carbocycles. The van der Waals surface area contributed by atoms with Gasteiger partial charge in [-0.15, -0.1) is 0 Å². The molecule has 176 valence electrons. The number of aryl methyl sites for hydroxylation is 1. The van der Waals surface area contributed by atoms with Crippen LogP contribution in [-0.2, 0) is 6.42 Å². The molecule has 0 radical (unpaired) electrons. The molecule has 0 spiro atoms. The highest BCUT2D eigenvalue weighted by Crippen LogP contribution is 2.39. The zero-order valence-corrected chi connectivity index (χ0v) is 20.6. The number of fused-ring (bicyclic) bond motifs is 1. The molecule has 0 saturated carbocycles. The van der Waals surface area contributed by atoms with Crippen LogP contribution in [0.3, 0.4) is 0 Å². The SMILES string of the molecule is C/C=C\N.C=C1CCc2cc(Cl)ccc2C(CCNCCCCCC2=CCN=CN2)C1C. The Morgan fingerprint density at radius 3 is 2.78 bits per heavy atom. The van der Waals surface area contributed by atoms with Gasteiger partial charge in [0, 0.05) is 10.7 Å². The quantitative estimate of drug-likeness (QED) is 0.239. The molecule has 0 aromatic heterocycles. The normalized spacial score (nSPS) is 20.1. The summed E-state index contributed by atoms with van der Waals surface area (Å²) in [6, 6.07) is 6.45. The smallest absolute Gasteiger partial charge is 0.0869 e. The van der Waals surface area contributed by atoms with E-state index in [0.29, 0.717) is 11.8 Å². The zero-order chi connectivity index (χ0) is 23.2. The van der Waals surface area contributed by atoms with E-state index >= 15 is 0 Å². The first-order chi connectivity index (χ1) is 15.6. The number of allylic oxidation sites excluding steroid dienone is 3. The van der Waals surface area contributed by atoms with Crippen LogP contribution in [0.5, 0.6) is 0 Å². The van der Waals surface area contributed by atoms with Crippen LogP contribution in [-0.4, -0.2) is 26.0 Å². The number of nitrogens with one attached hydrogen (secondary N) is 2. The van der Waals surface area contributed by atoms with E-state index in [0.717, 1.165) is 50.3 Å². The Balaban J connectivity index is 0.000000837. The van der Waals surface area contributed by atoms with Crippen molar-refractivity contribution in [1.29, 1.82) is 0 Å². The summed E-state index contributed by atoms with van der Waals surface area (Å²) >= 11 is 6.24. The molecule has 1 aliphatic heterocycles. The molecule has 2 atom stereocenters. The number of hydrogen-bond donors (Lipinski definition) is 3. The summed E-state index contributed by atoms with van der Waals surface area (Å²) in [6.07, 6.45) is 15.5. The first kappa shape index (κ1) is 26.2. The van der Waals surface area contributed by atoms with Crippen LogP contribution in [0.15, 0.2) is 59.4 Å². The lowest BCUT2D eigenvalue weighted by Gasteiger charge is -2.25. The molecule has 0 bridgehead atoms. The monoisotopic (exact) mass is 456 g/mol. The van der Waals surface area contributed by atoms with Gasteiger partial charge in [-0.1, -0.05) is 49.2 Å². The van der Waals surface area contributed by atoms with Crippen molar-refractivity contribution in [3.05, 3.63) is 70.5 Å². The largest absolute Gasteiger partial charge is 0.405 e. The summed E-state index contributed by atoms with van der Waals surface area (Å²) in [4.78, 5) is 4.14. The minimum absolute atomic E-state index is 0.532. The van der Waals surface area contributed by atoms with E-state index in [4.69, 9.17) is 17.3 Å². The van der Waals surface area contributed by atoms with E-state index in [9.17, 15) is 0 Å². The summed E-state index contributed by atoms with van der Waals surface area (Å²) in [5.74, 6) is 1.07. The van der Waals surface area contributed by atoms with Crippen LogP contribution in [0.1, 0.15) is 69.4 Å². The third-order valence-electron chi connectivity index (χ3n) is 6.38. The first-order valence-electron chi connectivity index (χ1n) is 12.0. The van der Waals surface area contributed by atoms with E-state index in [1.165, 1.54) is 47.9 Å². The molecule has 3 rings (SSSR count). The molecule has 1 aromatic carbocycles. The molecule has 4 nitrogen and oxygen atoms in total. The number of hydrogen-bond acceptors (Lipinski definition) is 4. The highest BCUT2D eigenvalue weighted by atomic mass is 35.5. The minimum atomic E-state index is 0.532. The molecule has 0 fully saturated rings. The lowest BCUT2D eigenvalue weighted by atomic mass is 9.81. The first-order valence-corrected chi connectivity index (χ1v) is 12.4. The van der Waals surface area contributed by atoms with E-state index in [-0.39, 0.29) is 0 Å². The lowest BCUT2D eigenvalue weighted by Crippen LogP contribution is -2.22. The van der Waals surface area contributed by atoms with Gasteiger partial charge in [0.05, 0.1) is 12.9 Å². The molecular weight excluding hydrogens is 416 g/mol. The highest BCUT2D eigenvalue weighted by Gasteiger charge is 2.26. The second kappa shape index (κ2) is 14.9. The Hall–Kier alpha value is -2.04. The molecule has 5 heteroatoms. The fourth-order valence-electron chi connectivity index (χ4n) is 4.34. The van der Waals surface area contributed by atoms with Gasteiger partial charge in [-0.05, 0) is 106 Å². The van der Waals surface area contributed by atoms with Gasteiger partial charge >= 0.3 is 0 Å². The molecule has 1 heterocycles. The average molecular weight is 457 g/mol. The second-order valence-electron chi connectivity index (χ2n) is 8.64. The predicted molar refractivity (Wildman–Crippen MR) is 140 cm³/mol. The fourth-order valence-corrected chi connectivity index (χ4v) is 4.53. The van der Waals surface area contributed by atoms with Crippen LogP contribution < -0.4 is 16.4 Å². The summed E-state index contributed by atoms with van der Waals surface area (Å²) in [5, 5.41) is 7.74. The van der Waals surface area contributed by atoms with Gasteiger partial charge in [0.2, 0.25) is 0 Å². The van der Waals surface area contributed by atoms with Crippen LogP contribution in [0.4, 0.5) is 0 Å². The van der Waals surface area contributed by atoms with Gasteiger partial charge in [-0.25, -0.2) is 0 Å². The maximum atomic E-state index is 6.24. The Morgan fingerprint density at radius 2 is 2.06 bits per heavy atom. The fraction of sp³-hybridized carbons (Fsp3) is 0.519. The molecule has 32 heavy (non-hydrogen) atoms. The Labute approximate surface area is 200 Å². The van der Waals surface area contributed by atoms with Crippen LogP contribution in [0.25, 0.3) is 0 Å². The average Bonchev–Trinajstić information content (AvgIpc) is 2.93. The second-order valence-corrected chi connectivity index (χ2v) is 9.08. The number of rotatable bonds is 9. The number of benzene rings is 1. The van der Waals surface area contributed by atoms with Crippen LogP contribution in [0.2, 0.25) is 5.02 Å². The number of halogens is 1. The molecule has 2 unspecified atom stereocenters. The molecule has 0 saturated heterocycles. The lowest BCUT2D eigenvalue weighted by molar-refractivity contribution is 0.466. The Bertz CT molecular complexity index is 793. The summed E-state index contributed by atoms with van der Waals surface area (Å²) < 4.78 is 0. The van der Waals surface area contributed by atoms with Gasteiger partial charge in [-0.3, -0.25) is 4.99 Å². The van der Waals surface area contributed by atoms with Gasteiger partial charge in [0.15, 0.2) is 0 Å². The van der Waals surface area contributed by atoms with Crippen molar-refractivity contribution < 1.29 is 0 Å². The van der Waals surface area contributed by atoms with Crippen LogP contribution in [0, 0.1) is 5.92 Å². The third kappa shape index (κ3) is 8.84. The maximum absolute atomic E-state index is 6.24. The van der Waals surface area contributed by atoms with E-state index < -0.39 is 0 Å². The molecule has 2 aliphatic rings. The van der Waals surface area contributed by atoms with Crippen molar-refractivity contribution in [1.82, 2.24) is 10.6 Å². The summed E-state index contributed by atoms with van der Waals surface area (Å²) in [5.41, 5.74) is 10.4. The number of aliphatic imine (C=N–C) groups is 1. The molecule has 1 aromatic rings. The van der Waals surface area contributed by atoms with E-state index in [2.05, 4.69) is 47.3 Å². The van der Waals surface area contributed by atoms with Gasteiger partial charge < -0.3 is 16.4 Å². The number of nitrogens with zero attached hydrogens (tertiary/aromatic N) is 1. The van der Waals surface area contributed by atoms with Crippen molar-refractivity contribution in [2.75, 3.05) is 19.6 Å². The Morgan fingerprint density at radius 1 is 1.25 bits per heavy atom. The zero-order valence-electron chi connectivity index (χ0n) is 19.9. The van der Waals surface area contributed by atoms with Crippen molar-refractivity contribution >= 4 is 17.9 Å². The Kier molecular flexibility index (Phi) is 12.2. The summed E-state index contributed by atoms with van der Waals surface area (Å²) in [7, 11) is 0. The predicted octanol–water partition coefficient (Wildman–Crippen LogP) is 6.10. The van der Waals surface area contributed by atoms with Crippen LogP contribution >= 0.6 is 11.6 Å². The van der Waals surface area contributed by atoms with Crippen molar-refractivity contribution in [2.24, 2.45) is 16.6 Å². The standard InChI is InChI=1S/C24H34ClN3.C3H7N/c1-18-7-8-20-16-21(25)9-10-24(20)23(19(18)2)12-15-26-13-5-3-4-6-22-11-14-27-17-28-22;1-2-3-4/h9-11,16-17,19,23,26H,1,3-8,12-15H2,2H3,(H,27,28);2-3H,4H2,1H3/b;3-2-. The summed E-state index contributed by atoms with van der Waals surface area (Å²) in [6.45, 7) is 11.6. The van der Waals surface area contributed by atoms with Gasteiger partial charge in [-0.2, -0.15) is 0 Å². The van der Waals surface area contributed by atoms with Crippen molar-refractivity contribution in [3.8, 4) is 0 Å². The highest BCUT2D eigenvalue weighted by molar-refractivity contribution is 6.30. The maximum Gasteiger partial charge on any atom is 0.0869 e. The minimum Gasteiger partial charge on any atom is -0.405 e. The number of unbranched alkanes of at least 4 members (excludes halogenated alkanes) is 2. The molecule has 4 N–H and O–H groups in total. The van der Waals surface area contributed by atoms with Gasteiger partial charge in [0.25, 0.3) is 0 Å². The van der Waals surface area contributed by atoms with E-state index in [1.807, 2.05) is 19.3 Å². The topological polar surface area (TPSA) is 62.4 Å². The molecule has 0 amide bonds. The van der Waals surface area contributed by atoms with Crippen molar-refractivity contribution in [2.45, 2.75) is 64.7 Å². The number of nitrogens with two attached hydrogens (primary N) is 1. The van der Waals surface area contributed by atoms with Crippen molar-refractivity contribution in [3.63, 3.8) is 0 Å². The third-order valence-corrected chi connectivity index (χ3v) is 6.61. The van der Waals surface area contributed by atoms with E-state index in [1.54, 1.807) is 6.08 Å².